The van der Waals surface area contributed by atoms with Gasteiger partial charge in [-0.15, -0.1) is 12.6 Å². The van der Waals surface area contributed by atoms with Crippen LogP contribution >= 0.6 is 12.6 Å². The van der Waals surface area contributed by atoms with Crippen LogP contribution in [-0.2, 0) is 0 Å². The molecule has 0 radical (unpaired) electrons. The number of allylic oxidation sites excluding steroid dienone is 2. The highest BCUT2D eigenvalue weighted by Gasteiger charge is 2.08. The zero-order valence-corrected chi connectivity index (χ0v) is 9.70. The molecule has 0 saturated heterocycles. The summed E-state index contributed by atoms with van der Waals surface area (Å²) < 4.78 is 0. The van der Waals surface area contributed by atoms with Gasteiger partial charge in [-0.05, 0) is 24.3 Å². The van der Waals surface area contributed by atoms with Crippen molar-refractivity contribution >= 4 is 12.6 Å². The lowest BCUT2D eigenvalue weighted by atomic mass is 9.97. The summed E-state index contributed by atoms with van der Waals surface area (Å²) >= 11 is 4.48. The fourth-order valence-corrected chi connectivity index (χ4v) is 1.32. The van der Waals surface area contributed by atoms with Crippen LogP contribution in [0.3, 0.4) is 0 Å². The first-order valence-electron chi connectivity index (χ1n) is 4.46. The maximum Gasteiger partial charge on any atom is 0.00605 e. The molecule has 0 aromatic carbocycles. The van der Waals surface area contributed by atoms with Crippen molar-refractivity contribution in [3.8, 4) is 0 Å². The van der Waals surface area contributed by atoms with Crippen LogP contribution in [0.15, 0.2) is 22.6 Å². The number of hydrogen-bond acceptors (Lipinski definition) is 1. The van der Waals surface area contributed by atoms with Crippen LogP contribution in [0.1, 0.15) is 34.6 Å². The van der Waals surface area contributed by atoms with E-state index in [9.17, 15) is 0 Å². The Hall–Kier alpha value is -0.170. The van der Waals surface area contributed by atoms with E-state index in [1.807, 2.05) is 0 Å². The van der Waals surface area contributed by atoms with E-state index >= 15 is 0 Å². The zero-order valence-electron chi connectivity index (χ0n) is 8.81. The quantitative estimate of drug-likeness (QED) is 0.496. The average molecular weight is 184 g/mol. The Labute approximate surface area is 82.2 Å². The summed E-state index contributed by atoms with van der Waals surface area (Å²) in [5, 5.41) is 0. The largest absolute Gasteiger partial charge is 0.143 e. The molecule has 0 amide bonds. The van der Waals surface area contributed by atoms with Crippen LogP contribution in [-0.4, -0.2) is 0 Å². The third-order valence-corrected chi connectivity index (χ3v) is 2.88. The fraction of sp³-hybridized carbons (Fsp3) is 0.636. The molecule has 0 saturated carbocycles. The Bertz CT molecular complexity index is 197. The van der Waals surface area contributed by atoms with Crippen molar-refractivity contribution in [2.75, 3.05) is 0 Å². The van der Waals surface area contributed by atoms with Crippen LogP contribution in [0.25, 0.3) is 0 Å². The number of rotatable bonds is 3. The molecule has 0 aliphatic rings. The first kappa shape index (κ1) is 11.8. The van der Waals surface area contributed by atoms with Gasteiger partial charge in [0.2, 0.25) is 0 Å². The predicted octanol–water partition coefficient (Wildman–Crippen LogP) is 4.06. The van der Waals surface area contributed by atoms with Crippen molar-refractivity contribution in [1.29, 1.82) is 0 Å². The van der Waals surface area contributed by atoms with Crippen LogP contribution in [0.2, 0.25) is 0 Å². The van der Waals surface area contributed by atoms with Crippen LogP contribution in [0.5, 0.6) is 0 Å². The van der Waals surface area contributed by atoms with Crippen molar-refractivity contribution in [2.45, 2.75) is 34.6 Å². The second-order valence-electron chi connectivity index (χ2n) is 3.87. The van der Waals surface area contributed by atoms with Crippen LogP contribution < -0.4 is 0 Å². The van der Waals surface area contributed by atoms with Crippen molar-refractivity contribution in [2.24, 2.45) is 11.8 Å². The summed E-state index contributed by atoms with van der Waals surface area (Å²) in [6, 6.07) is 0. The Kier molecular flexibility index (Phi) is 4.69. The minimum Gasteiger partial charge on any atom is -0.143 e. The summed E-state index contributed by atoms with van der Waals surface area (Å²) in [4.78, 5) is 1.08. The molecule has 0 bridgehead atoms. The van der Waals surface area contributed by atoms with E-state index in [2.05, 4.69) is 53.8 Å². The fourth-order valence-electron chi connectivity index (χ4n) is 0.800. The van der Waals surface area contributed by atoms with Gasteiger partial charge in [-0.3, -0.25) is 0 Å². The minimum absolute atomic E-state index is 0.492. The van der Waals surface area contributed by atoms with Gasteiger partial charge in [-0.2, -0.15) is 0 Å². The van der Waals surface area contributed by atoms with Crippen molar-refractivity contribution in [3.63, 3.8) is 0 Å². The summed E-state index contributed by atoms with van der Waals surface area (Å²) in [6.07, 6.45) is 0. The van der Waals surface area contributed by atoms with E-state index < -0.39 is 0 Å². The molecule has 0 rings (SSSR count). The van der Waals surface area contributed by atoms with E-state index in [0.29, 0.717) is 11.8 Å². The molecule has 0 aliphatic heterocycles. The van der Waals surface area contributed by atoms with Gasteiger partial charge in [-0.1, -0.05) is 39.8 Å². The third kappa shape index (κ3) is 3.06. The molecule has 1 heteroatoms. The van der Waals surface area contributed by atoms with Gasteiger partial charge in [0, 0.05) is 4.91 Å². The summed E-state index contributed by atoms with van der Waals surface area (Å²) in [5.41, 5.74) is 2.47. The third-order valence-electron chi connectivity index (χ3n) is 2.24. The summed E-state index contributed by atoms with van der Waals surface area (Å²) in [5.74, 6) is 1.05. The van der Waals surface area contributed by atoms with Crippen molar-refractivity contribution in [3.05, 3.63) is 22.6 Å². The standard InChI is InChI=1S/C11H20S/c1-7(2)9(5)11(12)10(6)8(3)4/h7-8,12H,5H2,1-4,6H3/b11-10-. The van der Waals surface area contributed by atoms with E-state index in [0.717, 1.165) is 10.5 Å². The van der Waals surface area contributed by atoms with Gasteiger partial charge in [0.15, 0.2) is 0 Å². The zero-order chi connectivity index (χ0) is 9.89. The molecule has 0 aromatic heterocycles. The van der Waals surface area contributed by atoms with Gasteiger partial charge in [0.25, 0.3) is 0 Å². The molecule has 0 nitrogen and oxygen atoms in total. The topological polar surface area (TPSA) is 0 Å². The average Bonchev–Trinajstić information content (AvgIpc) is 2.00. The van der Waals surface area contributed by atoms with Gasteiger partial charge >= 0.3 is 0 Å². The predicted molar refractivity (Wildman–Crippen MR) is 60.5 cm³/mol. The Balaban J connectivity index is 4.67. The lowest BCUT2D eigenvalue weighted by molar-refractivity contribution is 0.746. The van der Waals surface area contributed by atoms with E-state index in [4.69, 9.17) is 0 Å². The normalized spacial score (nSPS) is 13.7. The molecule has 12 heavy (non-hydrogen) atoms. The number of hydrogen-bond donors (Lipinski definition) is 1. The molecule has 0 N–H and O–H groups in total. The van der Waals surface area contributed by atoms with Crippen LogP contribution in [0.4, 0.5) is 0 Å². The lowest BCUT2D eigenvalue weighted by Crippen LogP contribution is -1.98. The van der Waals surface area contributed by atoms with E-state index in [-0.39, 0.29) is 0 Å². The smallest absolute Gasteiger partial charge is 0.00605 e. The van der Waals surface area contributed by atoms with E-state index in [1.54, 1.807) is 0 Å². The molecular weight excluding hydrogens is 164 g/mol. The SMILES string of the molecule is C=C(/C(S)=C(\C)C(C)C)C(C)C. The second kappa shape index (κ2) is 4.76. The monoisotopic (exact) mass is 184 g/mol. The van der Waals surface area contributed by atoms with Crippen molar-refractivity contribution < 1.29 is 0 Å². The van der Waals surface area contributed by atoms with Crippen LogP contribution in [0, 0.1) is 11.8 Å². The summed E-state index contributed by atoms with van der Waals surface area (Å²) in [7, 11) is 0. The molecule has 0 fully saturated rings. The Morgan fingerprint density at radius 2 is 1.50 bits per heavy atom. The maximum atomic E-state index is 4.48. The van der Waals surface area contributed by atoms with Crippen molar-refractivity contribution in [1.82, 2.24) is 0 Å². The Morgan fingerprint density at radius 1 is 1.08 bits per heavy atom. The molecule has 0 unspecified atom stereocenters. The van der Waals surface area contributed by atoms with E-state index in [1.165, 1.54) is 5.57 Å². The highest BCUT2D eigenvalue weighted by atomic mass is 32.1. The molecule has 0 aromatic rings. The lowest BCUT2D eigenvalue weighted by Gasteiger charge is -2.15. The summed E-state index contributed by atoms with van der Waals surface area (Å²) in [6.45, 7) is 14.8. The highest BCUT2D eigenvalue weighted by molar-refractivity contribution is 7.84. The van der Waals surface area contributed by atoms with Gasteiger partial charge in [0.05, 0.1) is 0 Å². The molecule has 0 aliphatic carbocycles. The molecular formula is C11H20S. The van der Waals surface area contributed by atoms with Gasteiger partial charge in [-0.25, -0.2) is 0 Å². The highest BCUT2D eigenvalue weighted by Crippen LogP contribution is 2.27. The minimum atomic E-state index is 0.492. The first-order valence-corrected chi connectivity index (χ1v) is 4.91. The Morgan fingerprint density at radius 3 is 1.75 bits per heavy atom. The second-order valence-corrected chi connectivity index (χ2v) is 4.31. The maximum absolute atomic E-state index is 4.48. The first-order chi connectivity index (χ1) is 5.37. The molecule has 70 valence electrons. The van der Waals surface area contributed by atoms with Gasteiger partial charge < -0.3 is 0 Å². The molecule has 0 heterocycles. The van der Waals surface area contributed by atoms with Gasteiger partial charge in [0.1, 0.15) is 0 Å². The molecule has 0 atom stereocenters. The molecule has 0 spiro atoms. The number of thiol groups is 1.